The number of morpholine rings is 1. The molecule has 2 unspecified atom stereocenters. The van der Waals surface area contributed by atoms with Gasteiger partial charge in [0.15, 0.2) is 11.5 Å². The Kier molecular flexibility index (Phi) is 4.62. The normalized spacial score (nSPS) is 22.5. The lowest BCUT2D eigenvalue weighted by Gasteiger charge is -2.38. The van der Waals surface area contributed by atoms with Crippen molar-refractivity contribution in [3.05, 3.63) is 27.8 Å². The minimum absolute atomic E-state index is 0.00658. The molecule has 2 atom stereocenters. The van der Waals surface area contributed by atoms with Gasteiger partial charge < -0.3 is 14.9 Å². The van der Waals surface area contributed by atoms with E-state index in [0.29, 0.717) is 13.2 Å². The van der Waals surface area contributed by atoms with Crippen molar-refractivity contribution in [1.29, 1.82) is 0 Å². The Morgan fingerprint density at radius 1 is 1.36 bits per heavy atom. The first-order valence-corrected chi connectivity index (χ1v) is 6.88. The summed E-state index contributed by atoms with van der Waals surface area (Å²) >= 11 is 0. The largest absolute Gasteiger partial charge is 0.504 e. The summed E-state index contributed by atoms with van der Waals surface area (Å²) in [5.41, 5.74) is -0.695. The minimum Gasteiger partial charge on any atom is -0.504 e. The Labute approximate surface area is 127 Å². The summed E-state index contributed by atoms with van der Waals surface area (Å²) in [6, 6.07) is 2.12. The van der Waals surface area contributed by atoms with E-state index in [9.17, 15) is 25.1 Å². The van der Waals surface area contributed by atoms with Crippen molar-refractivity contribution >= 4 is 11.5 Å². The number of hydrogen-bond acceptors (Lipinski definition) is 7. The third-order valence-corrected chi connectivity index (χ3v) is 3.76. The van der Waals surface area contributed by atoms with Gasteiger partial charge in [0, 0.05) is 23.7 Å². The monoisotopic (exact) mass is 310 g/mol. The topological polar surface area (TPSA) is 113 Å². The zero-order chi connectivity index (χ0) is 16.4. The number of phenols is 2. The number of benzene rings is 1. The number of aromatic hydroxyl groups is 2. The summed E-state index contributed by atoms with van der Waals surface area (Å²) in [7, 11) is 0. The van der Waals surface area contributed by atoms with E-state index in [1.807, 2.05) is 18.7 Å². The van der Waals surface area contributed by atoms with Crippen LogP contribution in [0.1, 0.15) is 24.2 Å². The van der Waals surface area contributed by atoms with Gasteiger partial charge in [-0.25, -0.2) is 0 Å². The van der Waals surface area contributed by atoms with Gasteiger partial charge in [0.1, 0.15) is 0 Å². The van der Waals surface area contributed by atoms with Crippen molar-refractivity contribution in [3.63, 3.8) is 0 Å². The lowest BCUT2D eigenvalue weighted by Crippen LogP contribution is -2.51. The summed E-state index contributed by atoms with van der Waals surface area (Å²) < 4.78 is 5.38. The zero-order valence-electron chi connectivity index (χ0n) is 12.4. The van der Waals surface area contributed by atoms with Crippen LogP contribution in [-0.4, -0.2) is 57.7 Å². The Bertz CT molecular complexity index is 593. The molecule has 0 bridgehead atoms. The first-order chi connectivity index (χ1) is 10.3. The number of carbonyl (C=O) groups excluding carboxylic acids is 1. The molecule has 0 aromatic heterocycles. The predicted octanol–water partition coefficient (Wildman–Crippen LogP) is 1.30. The average Bonchev–Trinajstić information content (AvgIpc) is 2.45. The third kappa shape index (κ3) is 3.18. The number of nitrogens with zero attached hydrogens (tertiary/aromatic N) is 2. The van der Waals surface area contributed by atoms with Gasteiger partial charge in [-0.1, -0.05) is 0 Å². The van der Waals surface area contributed by atoms with Crippen molar-refractivity contribution in [1.82, 2.24) is 4.90 Å². The van der Waals surface area contributed by atoms with Crippen LogP contribution in [0.2, 0.25) is 0 Å². The van der Waals surface area contributed by atoms with E-state index in [0.717, 1.165) is 12.1 Å². The predicted molar refractivity (Wildman–Crippen MR) is 77.2 cm³/mol. The molecular weight excluding hydrogens is 292 g/mol. The Morgan fingerprint density at radius 3 is 2.50 bits per heavy atom. The highest BCUT2D eigenvalue weighted by Crippen LogP contribution is 2.36. The summed E-state index contributed by atoms with van der Waals surface area (Å²) in [6.45, 7) is 4.95. The number of nitro benzene ring substituents is 1. The second kappa shape index (κ2) is 6.29. The summed E-state index contributed by atoms with van der Waals surface area (Å²) in [6.07, 6.45) is 0. The van der Waals surface area contributed by atoms with Crippen LogP contribution in [0, 0.1) is 10.1 Å². The zero-order valence-corrected chi connectivity index (χ0v) is 12.4. The molecule has 120 valence electrons. The molecule has 0 saturated carbocycles. The highest BCUT2D eigenvalue weighted by atomic mass is 16.6. The number of phenolic OH excluding ortho intramolecular Hbond substituents is 2. The van der Waals surface area contributed by atoms with Crippen LogP contribution in [0.25, 0.3) is 0 Å². The van der Waals surface area contributed by atoms with Gasteiger partial charge in [-0.2, -0.15) is 0 Å². The fourth-order valence-electron chi connectivity index (χ4n) is 2.51. The van der Waals surface area contributed by atoms with Gasteiger partial charge in [0.2, 0.25) is 5.75 Å². The molecule has 1 saturated heterocycles. The number of Topliss-reactive ketones (excluding diaryl/α,β-unsaturated/α-hetero) is 1. The molecule has 1 aromatic carbocycles. The van der Waals surface area contributed by atoms with Crippen LogP contribution in [0.3, 0.4) is 0 Å². The van der Waals surface area contributed by atoms with Gasteiger partial charge in [-0.3, -0.25) is 19.8 Å². The van der Waals surface area contributed by atoms with E-state index >= 15 is 0 Å². The molecule has 1 aromatic rings. The van der Waals surface area contributed by atoms with Crippen molar-refractivity contribution in [3.8, 4) is 11.5 Å². The number of ketones is 1. The van der Waals surface area contributed by atoms with E-state index in [4.69, 9.17) is 4.74 Å². The number of nitro groups is 1. The highest BCUT2D eigenvalue weighted by molar-refractivity contribution is 5.99. The fourth-order valence-corrected chi connectivity index (χ4v) is 2.51. The standard InChI is InChI=1S/C14H18N2O6/c1-8-6-22-7-9(2)15(8)5-13(18)10-3-11(16(20)21)14(19)12(17)4-10/h3-4,8-9,17,19H,5-7H2,1-2H3. The lowest BCUT2D eigenvalue weighted by molar-refractivity contribution is -0.386. The van der Waals surface area contributed by atoms with Crippen molar-refractivity contribution in [2.75, 3.05) is 19.8 Å². The number of carbonyl (C=O) groups is 1. The molecule has 1 aliphatic heterocycles. The third-order valence-electron chi connectivity index (χ3n) is 3.76. The van der Waals surface area contributed by atoms with Crippen LogP contribution < -0.4 is 0 Å². The fraction of sp³-hybridized carbons (Fsp3) is 0.500. The smallest absolute Gasteiger partial charge is 0.315 e. The number of hydrogen-bond donors (Lipinski definition) is 2. The Morgan fingerprint density at radius 2 is 1.95 bits per heavy atom. The second-order valence-electron chi connectivity index (χ2n) is 5.45. The van der Waals surface area contributed by atoms with Gasteiger partial charge in [-0.15, -0.1) is 0 Å². The molecular formula is C14H18N2O6. The molecule has 22 heavy (non-hydrogen) atoms. The lowest BCUT2D eigenvalue weighted by atomic mass is 10.1. The molecule has 1 heterocycles. The molecule has 2 rings (SSSR count). The van der Waals surface area contributed by atoms with Gasteiger partial charge in [0.25, 0.3) is 0 Å². The summed E-state index contributed by atoms with van der Waals surface area (Å²) in [5, 5.41) is 29.8. The molecule has 0 spiro atoms. The first kappa shape index (κ1) is 16.2. The average molecular weight is 310 g/mol. The molecule has 0 radical (unpaired) electrons. The Hall–Kier alpha value is -2.19. The second-order valence-corrected chi connectivity index (χ2v) is 5.45. The van der Waals surface area contributed by atoms with E-state index < -0.39 is 22.1 Å². The summed E-state index contributed by atoms with van der Waals surface area (Å²) in [5.74, 6) is -1.88. The highest BCUT2D eigenvalue weighted by Gasteiger charge is 2.29. The minimum atomic E-state index is -0.841. The number of rotatable bonds is 4. The maximum atomic E-state index is 12.3. The van der Waals surface area contributed by atoms with Crippen LogP contribution >= 0.6 is 0 Å². The van der Waals surface area contributed by atoms with Gasteiger partial charge in [0.05, 0.1) is 24.7 Å². The number of ether oxygens (including phenoxy) is 1. The van der Waals surface area contributed by atoms with E-state index in [1.54, 1.807) is 0 Å². The van der Waals surface area contributed by atoms with Crippen LogP contribution in [0.4, 0.5) is 5.69 Å². The quantitative estimate of drug-likeness (QED) is 0.373. The van der Waals surface area contributed by atoms with Crippen molar-refractivity contribution in [2.45, 2.75) is 25.9 Å². The molecule has 2 N–H and O–H groups in total. The molecule has 1 aliphatic rings. The van der Waals surface area contributed by atoms with Crippen molar-refractivity contribution in [2.24, 2.45) is 0 Å². The van der Waals surface area contributed by atoms with Crippen LogP contribution in [-0.2, 0) is 4.74 Å². The van der Waals surface area contributed by atoms with Gasteiger partial charge in [-0.05, 0) is 19.9 Å². The molecule has 0 amide bonds. The van der Waals surface area contributed by atoms with Crippen molar-refractivity contribution < 1.29 is 24.7 Å². The molecule has 0 aliphatic carbocycles. The van der Waals surface area contributed by atoms with Gasteiger partial charge >= 0.3 is 5.69 Å². The van der Waals surface area contributed by atoms with E-state index in [-0.39, 0.29) is 30.0 Å². The SMILES string of the molecule is CC1COCC(C)N1CC(=O)c1cc(O)c(O)c([N+](=O)[O-])c1. The van der Waals surface area contributed by atoms with E-state index in [2.05, 4.69) is 0 Å². The molecule has 8 heteroatoms. The first-order valence-electron chi connectivity index (χ1n) is 6.88. The molecule has 8 nitrogen and oxygen atoms in total. The Balaban J connectivity index is 2.24. The van der Waals surface area contributed by atoms with Crippen LogP contribution in [0.15, 0.2) is 12.1 Å². The summed E-state index contributed by atoms with van der Waals surface area (Å²) in [4.78, 5) is 24.3. The van der Waals surface area contributed by atoms with E-state index in [1.165, 1.54) is 0 Å². The maximum absolute atomic E-state index is 12.3. The molecule has 1 fully saturated rings. The van der Waals surface area contributed by atoms with Crippen LogP contribution in [0.5, 0.6) is 11.5 Å². The maximum Gasteiger partial charge on any atom is 0.315 e.